The first-order valence-corrected chi connectivity index (χ1v) is 11.7. The van der Waals surface area contributed by atoms with E-state index in [2.05, 4.69) is 54.2 Å². The molecule has 170 valence electrons. The van der Waals surface area contributed by atoms with Crippen molar-refractivity contribution in [2.75, 3.05) is 54.9 Å². The van der Waals surface area contributed by atoms with E-state index in [1.165, 1.54) is 11.3 Å². The van der Waals surface area contributed by atoms with Crippen LogP contribution in [-0.2, 0) is 9.59 Å². The first kappa shape index (κ1) is 22.3. The van der Waals surface area contributed by atoms with E-state index in [1.807, 2.05) is 30.3 Å². The number of likely N-dealkylation sites (N-methyl/N-ethyl adjacent to an activating group) is 1. The summed E-state index contributed by atoms with van der Waals surface area (Å²) >= 11 is 0. The molecule has 6 heteroatoms. The molecule has 2 heterocycles. The summed E-state index contributed by atoms with van der Waals surface area (Å²) in [6.45, 7) is 8.90. The molecule has 4 rings (SSSR count). The van der Waals surface area contributed by atoms with Gasteiger partial charge in [-0.2, -0.15) is 0 Å². The van der Waals surface area contributed by atoms with Gasteiger partial charge in [0.1, 0.15) is 0 Å². The lowest BCUT2D eigenvalue weighted by atomic mass is 9.96. The molecular weight excluding hydrogens is 400 g/mol. The van der Waals surface area contributed by atoms with Crippen molar-refractivity contribution < 1.29 is 9.59 Å². The number of anilines is 3. The molecule has 2 saturated heterocycles. The van der Waals surface area contributed by atoms with E-state index in [0.29, 0.717) is 12.5 Å². The summed E-state index contributed by atoms with van der Waals surface area (Å²) in [4.78, 5) is 32.2. The minimum absolute atomic E-state index is 0.0197. The van der Waals surface area contributed by atoms with Gasteiger partial charge in [0, 0.05) is 56.2 Å². The summed E-state index contributed by atoms with van der Waals surface area (Å²) in [6.07, 6.45) is 1.26. The van der Waals surface area contributed by atoms with Gasteiger partial charge in [0.15, 0.2) is 0 Å². The Kier molecular flexibility index (Phi) is 6.80. The van der Waals surface area contributed by atoms with E-state index in [0.717, 1.165) is 44.0 Å². The quantitative estimate of drug-likeness (QED) is 0.748. The Bertz CT molecular complexity index is 951. The van der Waals surface area contributed by atoms with Gasteiger partial charge in [-0.05, 0) is 55.3 Å². The Hall–Kier alpha value is -2.86. The van der Waals surface area contributed by atoms with Gasteiger partial charge in [-0.25, -0.2) is 0 Å². The first-order valence-electron chi connectivity index (χ1n) is 11.7. The van der Waals surface area contributed by atoms with Gasteiger partial charge >= 0.3 is 0 Å². The van der Waals surface area contributed by atoms with Crippen molar-refractivity contribution in [2.24, 2.45) is 5.92 Å². The molecule has 0 radical (unpaired) electrons. The summed E-state index contributed by atoms with van der Waals surface area (Å²) in [5.41, 5.74) is 4.07. The molecular formula is C26H34N4O2. The fourth-order valence-electron chi connectivity index (χ4n) is 4.55. The maximum absolute atomic E-state index is 12.9. The van der Waals surface area contributed by atoms with Crippen LogP contribution in [0.15, 0.2) is 48.5 Å². The highest BCUT2D eigenvalue weighted by atomic mass is 16.2. The number of nitrogens with zero attached hydrogens (tertiary/aromatic N) is 3. The standard InChI is InChI=1S/C26H34N4O2/c1-4-19(2)23-7-5-6-8-24(23)30-18-20(17-25(30)31)26(32)27-21-9-11-22(12-10-21)29-15-13-28(3)14-16-29/h5-12,19-20H,4,13-18H2,1-3H3,(H,27,32). The van der Waals surface area contributed by atoms with Gasteiger partial charge in [-0.1, -0.05) is 32.0 Å². The van der Waals surface area contributed by atoms with Gasteiger partial charge < -0.3 is 20.0 Å². The zero-order valence-corrected chi connectivity index (χ0v) is 19.4. The summed E-state index contributed by atoms with van der Waals surface area (Å²) in [5.74, 6) is -0.0453. The van der Waals surface area contributed by atoms with E-state index in [9.17, 15) is 9.59 Å². The van der Waals surface area contributed by atoms with E-state index in [4.69, 9.17) is 0 Å². The van der Waals surface area contributed by atoms with Crippen LogP contribution in [0, 0.1) is 5.92 Å². The highest BCUT2D eigenvalue weighted by molar-refractivity contribution is 6.04. The van der Waals surface area contributed by atoms with Crippen molar-refractivity contribution in [1.29, 1.82) is 0 Å². The highest BCUT2D eigenvalue weighted by Crippen LogP contribution is 2.33. The van der Waals surface area contributed by atoms with Crippen LogP contribution in [0.3, 0.4) is 0 Å². The molecule has 2 aliphatic rings. The average molecular weight is 435 g/mol. The number of nitrogens with one attached hydrogen (secondary N) is 1. The van der Waals surface area contributed by atoms with Crippen molar-refractivity contribution in [2.45, 2.75) is 32.6 Å². The molecule has 2 aliphatic heterocycles. The maximum atomic E-state index is 12.9. The molecule has 2 aromatic carbocycles. The third-order valence-corrected chi connectivity index (χ3v) is 6.87. The summed E-state index contributed by atoms with van der Waals surface area (Å²) < 4.78 is 0. The number of carbonyl (C=O) groups is 2. The maximum Gasteiger partial charge on any atom is 0.229 e. The van der Waals surface area contributed by atoms with Crippen LogP contribution in [-0.4, -0.2) is 56.5 Å². The normalized spacial score (nSPS) is 20.5. The molecule has 6 nitrogen and oxygen atoms in total. The SMILES string of the molecule is CCC(C)c1ccccc1N1CC(C(=O)Nc2ccc(N3CCN(C)CC3)cc2)CC1=O. The van der Waals surface area contributed by atoms with Crippen LogP contribution in [0.1, 0.15) is 38.2 Å². The number of hydrogen-bond donors (Lipinski definition) is 1. The Morgan fingerprint density at radius 2 is 1.75 bits per heavy atom. The number of amides is 2. The minimum Gasteiger partial charge on any atom is -0.369 e. The van der Waals surface area contributed by atoms with Crippen LogP contribution in [0.25, 0.3) is 0 Å². The molecule has 0 saturated carbocycles. The topological polar surface area (TPSA) is 55.9 Å². The largest absolute Gasteiger partial charge is 0.369 e. The minimum atomic E-state index is -0.343. The van der Waals surface area contributed by atoms with Crippen molar-refractivity contribution >= 4 is 28.9 Å². The Morgan fingerprint density at radius 1 is 1.06 bits per heavy atom. The van der Waals surface area contributed by atoms with Gasteiger partial charge in [-0.3, -0.25) is 9.59 Å². The number of para-hydroxylation sites is 1. The summed E-state index contributed by atoms with van der Waals surface area (Å²) in [6, 6.07) is 16.1. The zero-order valence-electron chi connectivity index (χ0n) is 19.4. The van der Waals surface area contributed by atoms with Crippen LogP contribution < -0.4 is 15.1 Å². The van der Waals surface area contributed by atoms with Gasteiger partial charge in [0.2, 0.25) is 11.8 Å². The second-order valence-electron chi connectivity index (χ2n) is 9.10. The van der Waals surface area contributed by atoms with Crippen LogP contribution in [0.4, 0.5) is 17.1 Å². The summed E-state index contributed by atoms with van der Waals surface area (Å²) in [5, 5.41) is 3.02. The molecule has 0 aromatic heterocycles. The molecule has 2 amide bonds. The highest BCUT2D eigenvalue weighted by Gasteiger charge is 2.36. The molecule has 2 aromatic rings. The second-order valence-corrected chi connectivity index (χ2v) is 9.10. The van der Waals surface area contributed by atoms with Gasteiger partial charge in [0.05, 0.1) is 5.92 Å². The molecule has 2 atom stereocenters. The van der Waals surface area contributed by atoms with Crippen LogP contribution in [0.2, 0.25) is 0 Å². The molecule has 1 N–H and O–H groups in total. The second kappa shape index (κ2) is 9.74. The fraction of sp³-hybridized carbons (Fsp3) is 0.462. The number of carbonyl (C=O) groups excluding carboxylic acids is 2. The van der Waals surface area contributed by atoms with Crippen molar-refractivity contribution in [3.05, 3.63) is 54.1 Å². The monoisotopic (exact) mass is 434 g/mol. The zero-order chi connectivity index (χ0) is 22.7. The first-order chi connectivity index (χ1) is 15.5. The lowest BCUT2D eigenvalue weighted by molar-refractivity contribution is -0.122. The lowest BCUT2D eigenvalue weighted by Gasteiger charge is -2.34. The average Bonchev–Trinajstić information content (AvgIpc) is 3.21. The van der Waals surface area contributed by atoms with E-state index in [1.54, 1.807) is 4.90 Å². The Morgan fingerprint density at radius 3 is 2.44 bits per heavy atom. The molecule has 2 unspecified atom stereocenters. The summed E-state index contributed by atoms with van der Waals surface area (Å²) in [7, 11) is 2.15. The molecule has 32 heavy (non-hydrogen) atoms. The van der Waals surface area contributed by atoms with E-state index < -0.39 is 0 Å². The van der Waals surface area contributed by atoms with E-state index in [-0.39, 0.29) is 24.2 Å². The van der Waals surface area contributed by atoms with Crippen molar-refractivity contribution in [1.82, 2.24) is 4.90 Å². The Balaban J connectivity index is 1.39. The molecule has 0 bridgehead atoms. The Labute approximate surface area is 191 Å². The molecule has 0 aliphatic carbocycles. The third-order valence-electron chi connectivity index (χ3n) is 6.87. The predicted molar refractivity (Wildman–Crippen MR) is 130 cm³/mol. The molecule has 2 fully saturated rings. The fourth-order valence-corrected chi connectivity index (χ4v) is 4.55. The van der Waals surface area contributed by atoms with E-state index >= 15 is 0 Å². The number of benzene rings is 2. The van der Waals surface area contributed by atoms with Gasteiger partial charge in [-0.15, -0.1) is 0 Å². The van der Waals surface area contributed by atoms with Crippen LogP contribution >= 0.6 is 0 Å². The molecule has 0 spiro atoms. The number of piperazine rings is 1. The lowest BCUT2D eigenvalue weighted by Crippen LogP contribution is -2.44. The third kappa shape index (κ3) is 4.80. The van der Waals surface area contributed by atoms with Crippen LogP contribution in [0.5, 0.6) is 0 Å². The smallest absolute Gasteiger partial charge is 0.229 e. The van der Waals surface area contributed by atoms with Gasteiger partial charge in [0.25, 0.3) is 0 Å². The van der Waals surface area contributed by atoms with Crippen molar-refractivity contribution in [3.8, 4) is 0 Å². The predicted octanol–water partition coefficient (Wildman–Crippen LogP) is 3.94. The number of hydrogen-bond acceptors (Lipinski definition) is 4. The van der Waals surface area contributed by atoms with Crippen molar-refractivity contribution in [3.63, 3.8) is 0 Å². The number of rotatable bonds is 6.